The van der Waals surface area contributed by atoms with Gasteiger partial charge in [-0.3, -0.25) is 10.4 Å². The zero-order valence-electron chi connectivity index (χ0n) is 14.2. The highest BCUT2D eigenvalue weighted by Crippen LogP contribution is 2.37. The second-order valence-corrected chi connectivity index (χ2v) is 9.65. The Morgan fingerprint density at radius 1 is 1.23 bits per heavy atom. The van der Waals surface area contributed by atoms with Crippen LogP contribution in [0.5, 0.6) is 0 Å². The fourth-order valence-electron chi connectivity index (χ4n) is 2.56. The van der Waals surface area contributed by atoms with Gasteiger partial charge in [0.15, 0.2) is 0 Å². The summed E-state index contributed by atoms with van der Waals surface area (Å²) in [5.41, 5.74) is 8.26. The molecule has 0 aliphatic heterocycles. The van der Waals surface area contributed by atoms with E-state index in [-0.39, 0.29) is 15.6 Å². The predicted octanol–water partition coefficient (Wildman–Crippen LogP) is 3.96. The van der Waals surface area contributed by atoms with Gasteiger partial charge in [-0.15, -0.1) is 23.1 Å². The molecule has 0 aliphatic rings. The van der Waals surface area contributed by atoms with Crippen LogP contribution in [0.3, 0.4) is 0 Å². The number of nitrogens with zero attached hydrogens (tertiary/aromatic N) is 1. The van der Waals surface area contributed by atoms with E-state index < -0.39 is 9.84 Å². The van der Waals surface area contributed by atoms with Crippen LogP contribution in [0.2, 0.25) is 0 Å². The molecule has 0 bridgehead atoms. The topological polar surface area (TPSA) is 96.9 Å². The van der Waals surface area contributed by atoms with Crippen molar-refractivity contribution in [3.63, 3.8) is 0 Å². The van der Waals surface area contributed by atoms with Gasteiger partial charge in [0.25, 0.3) is 0 Å². The van der Waals surface area contributed by atoms with Gasteiger partial charge >= 0.3 is 0 Å². The number of aromatic nitrogens is 1. The van der Waals surface area contributed by atoms with E-state index in [0.717, 1.165) is 16.7 Å². The van der Waals surface area contributed by atoms with Gasteiger partial charge in [0.05, 0.1) is 18.9 Å². The summed E-state index contributed by atoms with van der Waals surface area (Å²) >= 11 is 2.53. The fourth-order valence-corrected chi connectivity index (χ4v) is 6.40. The Balaban J connectivity index is 2.13. The highest BCUT2D eigenvalue weighted by atomic mass is 32.2. The Hall–Kier alpha value is -2.16. The molecule has 0 saturated heterocycles. The number of pyridine rings is 1. The van der Waals surface area contributed by atoms with Crippen LogP contribution in [0, 0.1) is 12.3 Å². The van der Waals surface area contributed by atoms with Crippen LogP contribution >= 0.6 is 23.1 Å². The standard InChI is InChI=1S/C18H17N3O2S3/c1-11-5-3-4-6-14(11)12-7-13(10-21-9-12)26(22,23)16-8-15(17(19)20)25-18(16)24-2/h3-10H,1-2H3,(H3,19,20). The van der Waals surface area contributed by atoms with Crippen molar-refractivity contribution in [2.45, 2.75) is 20.9 Å². The predicted molar refractivity (Wildman–Crippen MR) is 107 cm³/mol. The molecule has 0 unspecified atom stereocenters. The first-order valence-electron chi connectivity index (χ1n) is 7.63. The molecule has 8 heteroatoms. The first-order chi connectivity index (χ1) is 12.3. The third-order valence-corrected chi connectivity index (χ3v) is 8.19. The molecule has 3 rings (SSSR count). The second-order valence-electron chi connectivity index (χ2n) is 5.61. The SMILES string of the molecule is CSc1sc(C(=N)N)cc1S(=O)(=O)c1cncc(-c2ccccc2C)c1. The number of hydrogen-bond donors (Lipinski definition) is 2. The Kier molecular flexibility index (Phi) is 5.17. The monoisotopic (exact) mass is 403 g/mol. The molecule has 0 fully saturated rings. The summed E-state index contributed by atoms with van der Waals surface area (Å²) in [4.78, 5) is 4.88. The van der Waals surface area contributed by atoms with Gasteiger partial charge in [-0.1, -0.05) is 24.3 Å². The molecule has 0 spiro atoms. The summed E-state index contributed by atoms with van der Waals surface area (Å²) in [7, 11) is -3.76. The van der Waals surface area contributed by atoms with Crippen molar-refractivity contribution in [1.29, 1.82) is 5.41 Å². The van der Waals surface area contributed by atoms with Crippen LogP contribution in [0.4, 0.5) is 0 Å². The van der Waals surface area contributed by atoms with Crippen LogP contribution in [-0.2, 0) is 9.84 Å². The van der Waals surface area contributed by atoms with E-state index >= 15 is 0 Å². The Bertz CT molecular complexity index is 1090. The summed E-state index contributed by atoms with van der Waals surface area (Å²) in [5.74, 6) is -0.140. The Morgan fingerprint density at radius 2 is 1.96 bits per heavy atom. The van der Waals surface area contributed by atoms with Crippen molar-refractivity contribution in [3.05, 3.63) is 59.2 Å². The summed E-state index contributed by atoms with van der Waals surface area (Å²) < 4.78 is 26.9. The minimum absolute atomic E-state index is 0.126. The summed E-state index contributed by atoms with van der Waals surface area (Å²) in [6.07, 6.45) is 4.81. The van der Waals surface area contributed by atoms with Crippen LogP contribution < -0.4 is 5.73 Å². The lowest BCUT2D eigenvalue weighted by Gasteiger charge is -2.08. The van der Waals surface area contributed by atoms with Gasteiger partial charge in [-0.25, -0.2) is 8.42 Å². The zero-order chi connectivity index (χ0) is 18.9. The molecule has 2 aromatic heterocycles. The molecular weight excluding hydrogens is 386 g/mol. The number of hydrogen-bond acceptors (Lipinski definition) is 6. The number of amidine groups is 1. The van der Waals surface area contributed by atoms with Crippen molar-refractivity contribution in [2.24, 2.45) is 5.73 Å². The molecule has 3 aromatic rings. The number of nitrogen functional groups attached to an aromatic ring is 1. The quantitative estimate of drug-likeness (QED) is 0.382. The largest absolute Gasteiger partial charge is 0.383 e. The lowest BCUT2D eigenvalue weighted by Crippen LogP contribution is -2.09. The highest BCUT2D eigenvalue weighted by molar-refractivity contribution is 8.01. The van der Waals surface area contributed by atoms with Crippen LogP contribution in [0.15, 0.2) is 62.8 Å². The molecule has 0 saturated carbocycles. The molecule has 3 N–H and O–H groups in total. The minimum atomic E-state index is -3.76. The number of sulfone groups is 1. The van der Waals surface area contributed by atoms with E-state index in [1.54, 1.807) is 18.5 Å². The molecule has 0 aliphatic carbocycles. The maximum atomic E-state index is 13.2. The minimum Gasteiger partial charge on any atom is -0.383 e. The summed E-state index contributed by atoms with van der Waals surface area (Å²) in [6.45, 7) is 1.97. The van der Waals surface area contributed by atoms with E-state index in [2.05, 4.69) is 4.98 Å². The first kappa shape index (κ1) is 18.6. The lowest BCUT2D eigenvalue weighted by atomic mass is 10.0. The number of thiophene rings is 1. The van der Waals surface area contributed by atoms with Crippen LogP contribution in [0.25, 0.3) is 11.1 Å². The highest BCUT2D eigenvalue weighted by Gasteiger charge is 2.25. The molecule has 0 atom stereocenters. The lowest BCUT2D eigenvalue weighted by molar-refractivity contribution is 0.594. The Labute approximate surface area is 160 Å². The zero-order valence-corrected chi connectivity index (χ0v) is 16.6. The molecule has 0 amide bonds. The molecule has 5 nitrogen and oxygen atoms in total. The van der Waals surface area contributed by atoms with E-state index in [0.29, 0.717) is 9.09 Å². The molecular formula is C18H17N3O2S3. The van der Waals surface area contributed by atoms with Crippen molar-refractivity contribution in [2.75, 3.05) is 6.26 Å². The average molecular weight is 404 g/mol. The fraction of sp³-hybridized carbons (Fsp3) is 0.111. The van der Waals surface area contributed by atoms with E-state index in [4.69, 9.17) is 11.1 Å². The van der Waals surface area contributed by atoms with Crippen molar-refractivity contribution >= 4 is 38.8 Å². The van der Waals surface area contributed by atoms with Gasteiger partial charge in [0.2, 0.25) is 9.84 Å². The van der Waals surface area contributed by atoms with Gasteiger partial charge in [-0.05, 0) is 36.4 Å². The summed E-state index contributed by atoms with van der Waals surface area (Å²) in [5, 5.41) is 7.57. The first-order valence-corrected chi connectivity index (χ1v) is 11.2. The maximum absolute atomic E-state index is 13.2. The van der Waals surface area contributed by atoms with Gasteiger partial charge in [-0.2, -0.15) is 0 Å². The molecule has 134 valence electrons. The van der Waals surface area contributed by atoms with Gasteiger partial charge in [0.1, 0.15) is 5.84 Å². The smallest absolute Gasteiger partial charge is 0.210 e. The van der Waals surface area contributed by atoms with E-state index in [1.807, 2.05) is 31.2 Å². The van der Waals surface area contributed by atoms with Crippen molar-refractivity contribution in [3.8, 4) is 11.1 Å². The number of nitrogens with one attached hydrogen (secondary N) is 1. The average Bonchev–Trinajstić information content (AvgIpc) is 3.08. The number of benzene rings is 1. The molecule has 26 heavy (non-hydrogen) atoms. The van der Waals surface area contributed by atoms with Crippen molar-refractivity contribution in [1.82, 2.24) is 4.98 Å². The third-order valence-electron chi connectivity index (χ3n) is 3.89. The van der Waals surface area contributed by atoms with Crippen LogP contribution in [0.1, 0.15) is 10.4 Å². The number of rotatable bonds is 5. The van der Waals surface area contributed by atoms with E-state index in [9.17, 15) is 8.42 Å². The van der Waals surface area contributed by atoms with Gasteiger partial charge in [0, 0.05) is 18.0 Å². The second kappa shape index (κ2) is 7.22. The van der Waals surface area contributed by atoms with Crippen molar-refractivity contribution < 1.29 is 8.42 Å². The molecule has 1 aromatic carbocycles. The molecule has 0 radical (unpaired) electrons. The molecule has 2 heterocycles. The summed E-state index contributed by atoms with van der Waals surface area (Å²) in [6, 6.07) is 10.9. The number of thioether (sulfide) groups is 1. The van der Waals surface area contributed by atoms with Crippen LogP contribution in [-0.4, -0.2) is 25.5 Å². The third kappa shape index (κ3) is 3.40. The number of nitrogens with two attached hydrogens (primary N) is 1. The number of aryl methyl sites for hydroxylation is 1. The van der Waals surface area contributed by atoms with Gasteiger partial charge < -0.3 is 5.73 Å². The maximum Gasteiger partial charge on any atom is 0.210 e. The Morgan fingerprint density at radius 3 is 2.62 bits per heavy atom. The van der Waals surface area contributed by atoms with E-state index in [1.165, 1.54) is 35.4 Å². The normalized spacial score (nSPS) is 11.5.